The minimum absolute atomic E-state index is 0.165. The van der Waals surface area contributed by atoms with E-state index in [1.54, 1.807) is 0 Å². The molecule has 0 aliphatic carbocycles. The van der Waals surface area contributed by atoms with Gasteiger partial charge in [-0.1, -0.05) is 0 Å². The molecule has 0 aromatic heterocycles. The largest absolute Gasteiger partial charge is 0.494 e. The zero-order valence-electron chi connectivity index (χ0n) is 13.4. The molecule has 2 unspecified atom stereocenters. The van der Waals surface area contributed by atoms with E-state index >= 15 is 0 Å². The summed E-state index contributed by atoms with van der Waals surface area (Å²) in [5.41, 5.74) is 0. The van der Waals surface area contributed by atoms with Crippen LogP contribution in [0.15, 0.2) is 24.3 Å². The Kier molecular flexibility index (Phi) is 6.99. The Morgan fingerprint density at radius 2 is 2.12 bits per heavy atom. The average molecular weight is 339 g/mol. The fourth-order valence-corrected chi connectivity index (χ4v) is 2.61. The van der Waals surface area contributed by atoms with Crippen molar-refractivity contribution < 1.29 is 28.6 Å². The Hall–Kier alpha value is -2.15. The number of carbonyl (C=O) groups excluding carboxylic acids is 1. The zero-order chi connectivity index (χ0) is 17.4. The summed E-state index contributed by atoms with van der Waals surface area (Å²) < 4.78 is 23.4. The predicted molar refractivity (Wildman–Crippen MR) is 84.2 cm³/mol. The highest BCUT2D eigenvalue weighted by atomic mass is 19.1. The standard InChI is InChI=1S/C17H22FNO5/c18-13-5-7-14(8-6-13)24-10-2-4-15(20)19-16(17(21)22)12-3-1-9-23-11-12/h5-8,12,16H,1-4,9-11H2,(H,19,20)(H,21,22). The maximum atomic E-state index is 12.8. The smallest absolute Gasteiger partial charge is 0.326 e. The van der Waals surface area contributed by atoms with Gasteiger partial charge in [0.15, 0.2) is 0 Å². The second-order valence-corrected chi connectivity index (χ2v) is 5.77. The third-order valence-corrected chi connectivity index (χ3v) is 3.88. The molecule has 1 aliphatic rings. The molecule has 1 amide bonds. The molecule has 1 aromatic carbocycles. The van der Waals surface area contributed by atoms with Crippen molar-refractivity contribution in [2.45, 2.75) is 31.7 Å². The number of carboxylic acids is 1. The summed E-state index contributed by atoms with van der Waals surface area (Å²) in [5.74, 6) is -1.37. The Balaban J connectivity index is 1.70. The van der Waals surface area contributed by atoms with Crippen LogP contribution < -0.4 is 10.1 Å². The highest BCUT2D eigenvalue weighted by molar-refractivity contribution is 5.83. The third kappa shape index (κ3) is 5.81. The second-order valence-electron chi connectivity index (χ2n) is 5.77. The summed E-state index contributed by atoms with van der Waals surface area (Å²) in [4.78, 5) is 23.3. The number of amides is 1. The molecular formula is C17H22FNO5. The van der Waals surface area contributed by atoms with E-state index in [1.165, 1.54) is 24.3 Å². The van der Waals surface area contributed by atoms with Crippen LogP contribution in [0.4, 0.5) is 4.39 Å². The molecule has 0 saturated carbocycles. The molecule has 2 N–H and O–H groups in total. The number of aliphatic carboxylic acids is 1. The van der Waals surface area contributed by atoms with Gasteiger partial charge in [-0.3, -0.25) is 4.79 Å². The number of nitrogens with one attached hydrogen (secondary N) is 1. The topological polar surface area (TPSA) is 84.9 Å². The van der Waals surface area contributed by atoms with Crippen LogP contribution >= 0.6 is 0 Å². The van der Waals surface area contributed by atoms with E-state index in [0.29, 0.717) is 32.0 Å². The summed E-state index contributed by atoms with van der Waals surface area (Å²) in [6.45, 7) is 1.28. The molecule has 0 spiro atoms. The van der Waals surface area contributed by atoms with Gasteiger partial charge in [-0.05, 0) is 43.5 Å². The van der Waals surface area contributed by atoms with E-state index in [4.69, 9.17) is 9.47 Å². The van der Waals surface area contributed by atoms with Crippen LogP contribution in [-0.4, -0.2) is 42.8 Å². The van der Waals surface area contributed by atoms with Crippen molar-refractivity contribution in [1.82, 2.24) is 5.32 Å². The van der Waals surface area contributed by atoms with Crippen molar-refractivity contribution >= 4 is 11.9 Å². The molecule has 7 heteroatoms. The van der Waals surface area contributed by atoms with Crippen LogP contribution in [0.2, 0.25) is 0 Å². The SMILES string of the molecule is O=C(CCCOc1ccc(F)cc1)NC(C(=O)O)C1CCCOC1. The first kappa shape index (κ1) is 18.2. The zero-order valence-corrected chi connectivity index (χ0v) is 13.4. The van der Waals surface area contributed by atoms with Crippen molar-refractivity contribution in [2.75, 3.05) is 19.8 Å². The highest BCUT2D eigenvalue weighted by Crippen LogP contribution is 2.18. The number of carbonyl (C=O) groups is 2. The molecule has 1 saturated heterocycles. The monoisotopic (exact) mass is 339 g/mol. The number of ether oxygens (including phenoxy) is 2. The number of benzene rings is 1. The van der Waals surface area contributed by atoms with Gasteiger partial charge >= 0.3 is 5.97 Å². The number of halogens is 1. The van der Waals surface area contributed by atoms with Gasteiger partial charge in [-0.15, -0.1) is 0 Å². The summed E-state index contributed by atoms with van der Waals surface area (Å²) in [5, 5.41) is 11.9. The molecule has 24 heavy (non-hydrogen) atoms. The molecule has 2 rings (SSSR count). The molecule has 0 bridgehead atoms. The number of hydrogen-bond acceptors (Lipinski definition) is 4. The first-order valence-corrected chi connectivity index (χ1v) is 8.04. The van der Waals surface area contributed by atoms with E-state index < -0.39 is 12.0 Å². The predicted octanol–water partition coefficient (Wildman–Crippen LogP) is 1.98. The third-order valence-electron chi connectivity index (χ3n) is 3.88. The van der Waals surface area contributed by atoms with Crippen LogP contribution in [0.3, 0.4) is 0 Å². The minimum Gasteiger partial charge on any atom is -0.494 e. The number of carboxylic acid groups (broad SMARTS) is 1. The van der Waals surface area contributed by atoms with Gasteiger partial charge in [0.25, 0.3) is 0 Å². The highest BCUT2D eigenvalue weighted by Gasteiger charge is 2.31. The van der Waals surface area contributed by atoms with Crippen LogP contribution in [0.5, 0.6) is 5.75 Å². The summed E-state index contributed by atoms with van der Waals surface area (Å²) in [6, 6.07) is 4.70. The number of rotatable bonds is 8. The lowest BCUT2D eigenvalue weighted by Gasteiger charge is -2.28. The van der Waals surface area contributed by atoms with E-state index in [1.807, 2.05) is 0 Å². The first-order chi connectivity index (χ1) is 11.6. The lowest BCUT2D eigenvalue weighted by atomic mass is 9.93. The average Bonchev–Trinajstić information content (AvgIpc) is 2.58. The fraction of sp³-hybridized carbons (Fsp3) is 0.529. The molecule has 1 aliphatic heterocycles. The van der Waals surface area contributed by atoms with Crippen molar-refractivity contribution in [1.29, 1.82) is 0 Å². The van der Waals surface area contributed by atoms with Crippen molar-refractivity contribution in [3.63, 3.8) is 0 Å². The van der Waals surface area contributed by atoms with Crippen LogP contribution in [0.1, 0.15) is 25.7 Å². The lowest BCUT2D eigenvalue weighted by molar-refractivity contribution is -0.145. The maximum absolute atomic E-state index is 12.8. The molecule has 6 nitrogen and oxygen atoms in total. The van der Waals surface area contributed by atoms with Gasteiger partial charge in [0.05, 0.1) is 13.2 Å². The summed E-state index contributed by atoms with van der Waals surface area (Å²) in [7, 11) is 0. The van der Waals surface area contributed by atoms with Gasteiger partial charge < -0.3 is 19.9 Å². The van der Waals surface area contributed by atoms with Gasteiger partial charge in [0, 0.05) is 18.9 Å². The lowest BCUT2D eigenvalue weighted by Crippen LogP contribution is -2.48. The molecule has 132 valence electrons. The van der Waals surface area contributed by atoms with Crippen molar-refractivity contribution in [3.8, 4) is 5.75 Å². The van der Waals surface area contributed by atoms with E-state index in [9.17, 15) is 19.1 Å². The molecule has 1 fully saturated rings. The van der Waals surface area contributed by atoms with Crippen LogP contribution in [-0.2, 0) is 14.3 Å². The van der Waals surface area contributed by atoms with Gasteiger partial charge in [0.1, 0.15) is 17.6 Å². The molecular weight excluding hydrogens is 317 g/mol. The minimum atomic E-state index is -1.04. The number of hydrogen-bond donors (Lipinski definition) is 2. The summed E-state index contributed by atoms with van der Waals surface area (Å²) in [6.07, 6.45) is 2.13. The summed E-state index contributed by atoms with van der Waals surface area (Å²) >= 11 is 0. The quantitative estimate of drug-likeness (QED) is 0.708. The van der Waals surface area contributed by atoms with Crippen LogP contribution in [0.25, 0.3) is 0 Å². The Labute approximate surface area is 139 Å². The molecule has 1 aromatic rings. The van der Waals surface area contributed by atoms with Crippen molar-refractivity contribution in [3.05, 3.63) is 30.1 Å². The van der Waals surface area contributed by atoms with E-state index in [-0.39, 0.29) is 24.1 Å². The molecule has 2 atom stereocenters. The van der Waals surface area contributed by atoms with Gasteiger partial charge in [-0.2, -0.15) is 0 Å². The molecule has 1 heterocycles. The second kappa shape index (κ2) is 9.22. The van der Waals surface area contributed by atoms with E-state index in [0.717, 1.165) is 12.8 Å². The van der Waals surface area contributed by atoms with E-state index in [2.05, 4.69) is 5.32 Å². The van der Waals surface area contributed by atoms with Crippen LogP contribution in [0, 0.1) is 11.7 Å². The molecule has 0 radical (unpaired) electrons. The normalized spacial score (nSPS) is 18.6. The Morgan fingerprint density at radius 3 is 2.75 bits per heavy atom. The fourth-order valence-electron chi connectivity index (χ4n) is 2.61. The Bertz CT molecular complexity index is 542. The van der Waals surface area contributed by atoms with Gasteiger partial charge in [0.2, 0.25) is 5.91 Å². The van der Waals surface area contributed by atoms with Gasteiger partial charge in [-0.25, -0.2) is 9.18 Å². The Morgan fingerprint density at radius 1 is 1.38 bits per heavy atom. The maximum Gasteiger partial charge on any atom is 0.326 e. The first-order valence-electron chi connectivity index (χ1n) is 8.04. The van der Waals surface area contributed by atoms with Crippen molar-refractivity contribution in [2.24, 2.45) is 5.92 Å².